The number of anilines is 1. The van der Waals surface area contributed by atoms with E-state index in [9.17, 15) is 48.9 Å². The molecule has 4 amide bonds. The standard InChI is InChI=1S/C54H68F2N4O12S/c1-7-8-10-29(2)73-41(26-46(66)67)49(70)57-20-18-45(65)58-30(3)47(68)59-31(4)48(69)60-35-12-9-11-33(22-35)21-32-13-15-34(16-14-32)50-71-44-25-37-38-24-40(55)39-23-36(62)17-19-51(39,5)53(38,56)42(63)27-52(37,6)54(44,72-50)43(64)28-61/h9,11-17,19,22-23,29-31,37-38,40-42,44,50,61,63H,7-8,10,18,20-21,24-28H2,1-6H3,(H,57,70)(H,58,65)(H,59,68)(H,60,69)(H,66,67)/t29?,30-,31-,37?,38-,40-,41?,42-,44+,50+,51-,52-,53-,54+/m0/s1. The molecular weight excluding hydrogens is 967 g/mol. The minimum atomic E-state index is -2.36. The summed E-state index contributed by atoms with van der Waals surface area (Å²) in [4.78, 5) is 89.2. The van der Waals surface area contributed by atoms with Crippen molar-refractivity contribution in [2.24, 2.45) is 22.7 Å². The SMILES string of the molecule is CCCCC(C)SC(CC(=O)O)C(=O)NCCC(=O)N[C@@H](C)C(=O)N[C@@H](C)C(=O)Nc1cccc(Cc2ccc([C@@H]3O[C@@H]4CC5[C@@H]6C[C@H](F)C7=CC(=O)C=C[C@]7(C)[C@@]6(F)[C@@H](O)C[C@]5(C)[C@]4(C(=O)CO)O3)cc2)c1. The van der Waals surface area contributed by atoms with Crippen molar-refractivity contribution in [3.05, 3.63) is 89.0 Å². The largest absolute Gasteiger partial charge is 0.481 e. The smallest absolute Gasteiger partial charge is 0.305 e. The quantitative estimate of drug-likeness (QED) is 0.0815. The number of aliphatic hydroxyl groups excluding tert-OH is 2. The maximum absolute atomic E-state index is 17.8. The summed E-state index contributed by atoms with van der Waals surface area (Å²) in [5.74, 6) is -6.08. The van der Waals surface area contributed by atoms with Crippen molar-refractivity contribution in [3.8, 4) is 0 Å². The van der Waals surface area contributed by atoms with Crippen molar-refractivity contribution >= 4 is 58.6 Å². The first kappa shape index (κ1) is 55.4. The van der Waals surface area contributed by atoms with E-state index in [0.29, 0.717) is 17.7 Å². The number of nitrogens with one attached hydrogen (secondary N) is 4. The molecule has 16 nitrogen and oxygen atoms in total. The van der Waals surface area contributed by atoms with Crippen molar-refractivity contribution < 1.29 is 67.1 Å². The lowest BCUT2D eigenvalue weighted by molar-refractivity contribution is -0.235. The molecule has 19 heteroatoms. The molecular formula is C54H68F2N4O12S. The number of ether oxygens (including phenoxy) is 2. The summed E-state index contributed by atoms with van der Waals surface area (Å²) in [7, 11) is 0. The molecule has 2 aromatic carbocycles. The van der Waals surface area contributed by atoms with E-state index < -0.39 is 124 Å². The maximum Gasteiger partial charge on any atom is 0.305 e. The third-order valence-corrected chi connectivity index (χ3v) is 17.4. The van der Waals surface area contributed by atoms with E-state index in [0.717, 1.165) is 36.5 Å². The molecule has 4 aliphatic carbocycles. The first-order valence-corrected chi connectivity index (χ1v) is 26.1. The van der Waals surface area contributed by atoms with Crippen LogP contribution in [0.3, 0.4) is 0 Å². The number of Topliss-reactive ketones (excluding diaryl/α,β-unsaturated/α-hetero) is 1. The summed E-state index contributed by atoms with van der Waals surface area (Å²) < 4.78 is 46.9. The third-order valence-electron chi connectivity index (χ3n) is 16.0. The molecule has 0 spiro atoms. The number of fused-ring (bicyclic) bond motifs is 7. The first-order chi connectivity index (χ1) is 34.5. The third kappa shape index (κ3) is 10.8. The van der Waals surface area contributed by atoms with Crippen LogP contribution >= 0.6 is 11.8 Å². The number of carboxylic acids is 1. The molecule has 1 heterocycles. The van der Waals surface area contributed by atoms with Crippen LogP contribution in [-0.2, 0) is 49.5 Å². The predicted molar refractivity (Wildman–Crippen MR) is 267 cm³/mol. The highest BCUT2D eigenvalue weighted by atomic mass is 32.2. The van der Waals surface area contributed by atoms with Crippen LogP contribution < -0.4 is 21.3 Å². The van der Waals surface area contributed by atoms with Gasteiger partial charge in [-0.2, -0.15) is 0 Å². The van der Waals surface area contributed by atoms with Gasteiger partial charge in [0.15, 0.2) is 29.1 Å². The Kier molecular flexibility index (Phi) is 16.9. The molecule has 0 bridgehead atoms. The Bertz CT molecular complexity index is 2530. The lowest BCUT2D eigenvalue weighted by atomic mass is 9.44. The van der Waals surface area contributed by atoms with Gasteiger partial charge in [-0.1, -0.05) is 76.1 Å². The van der Waals surface area contributed by atoms with Crippen LogP contribution in [0.25, 0.3) is 0 Å². The van der Waals surface area contributed by atoms with Crippen molar-refractivity contribution in [3.63, 3.8) is 0 Å². The van der Waals surface area contributed by atoms with Gasteiger partial charge in [0.1, 0.15) is 24.9 Å². The fourth-order valence-electron chi connectivity index (χ4n) is 12.2. The Labute approximate surface area is 428 Å². The number of hydrogen-bond donors (Lipinski definition) is 7. The molecule has 14 atom stereocenters. The zero-order valence-corrected chi connectivity index (χ0v) is 42.9. The van der Waals surface area contributed by atoms with Gasteiger partial charge in [0.05, 0.1) is 23.9 Å². The fourth-order valence-corrected chi connectivity index (χ4v) is 13.5. The van der Waals surface area contributed by atoms with Gasteiger partial charge in [0, 0.05) is 46.2 Å². The Hall–Kier alpha value is -5.34. The monoisotopic (exact) mass is 1030 g/mol. The van der Waals surface area contributed by atoms with Crippen molar-refractivity contribution in [1.29, 1.82) is 0 Å². The number of thioether (sulfide) groups is 1. The van der Waals surface area contributed by atoms with E-state index >= 15 is 8.78 Å². The van der Waals surface area contributed by atoms with E-state index in [2.05, 4.69) is 28.2 Å². The van der Waals surface area contributed by atoms with E-state index in [4.69, 9.17) is 9.47 Å². The van der Waals surface area contributed by atoms with Crippen molar-refractivity contribution in [2.75, 3.05) is 18.5 Å². The van der Waals surface area contributed by atoms with E-state index in [1.54, 1.807) is 37.3 Å². The van der Waals surface area contributed by atoms with Crippen molar-refractivity contribution in [1.82, 2.24) is 16.0 Å². The molecule has 7 rings (SSSR count). The summed E-state index contributed by atoms with van der Waals surface area (Å²) in [5.41, 5.74) is -4.25. The lowest BCUT2D eigenvalue weighted by Gasteiger charge is -2.63. The Morgan fingerprint density at radius 2 is 1.64 bits per heavy atom. The van der Waals surface area contributed by atoms with Crippen molar-refractivity contribution in [2.45, 2.75) is 158 Å². The van der Waals surface area contributed by atoms with Gasteiger partial charge in [0.2, 0.25) is 23.6 Å². The number of amides is 4. The molecule has 73 heavy (non-hydrogen) atoms. The molecule has 5 aliphatic rings. The van der Waals surface area contributed by atoms with E-state index in [-0.39, 0.29) is 49.5 Å². The number of alkyl halides is 2. The maximum atomic E-state index is 17.8. The molecule has 4 fully saturated rings. The normalized spacial score (nSPS) is 31.5. The first-order valence-electron chi connectivity index (χ1n) is 25.2. The molecule has 396 valence electrons. The minimum absolute atomic E-state index is 0.00537. The highest BCUT2D eigenvalue weighted by Crippen LogP contribution is 2.72. The number of carbonyl (C=O) groups is 7. The number of benzene rings is 2. The van der Waals surface area contributed by atoms with Gasteiger partial charge in [-0.05, 0) is 99.8 Å². The Balaban J connectivity index is 0.911. The topological polar surface area (TPSA) is 247 Å². The average molecular weight is 1040 g/mol. The van der Waals surface area contributed by atoms with Gasteiger partial charge in [0.25, 0.3) is 0 Å². The highest BCUT2D eigenvalue weighted by molar-refractivity contribution is 8.01. The second kappa shape index (κ2) is 22.2. The molecule has 0 radical (unpaired) electrons. The van der Waals surface area contributed by atoms with Crippen LogP contribution in [0.5, 0.6) is 0 Å². The van der Waals surface area contributed by atoms with Crippen LogP contribution in [0.2, 0.25) is 0 Å². The van der Waals surface area contributed by atoms with Crippen LogP contribution in [0, 0.1) is 22.7 Å². The second-order valence-corrected chi connectivity index (χ2v) is 22.5. The molecule has 1 aliphatic heterocycles. The number of hydrogen-bond acceptors (Lipinski definition) is 12. The zero-order chi connectivity index (χ0) is 53.2. The molecule has 7 N–H and O–H groups in total. The predicted octanol–water partition coefficient (Wildman–Crippen LogP) is 5.53. The Morgan fingerprint density at radius 1 is 0.932 bits per heavy atom. The summed E-state index contributed by atoms with van der Waals surface area (Å²) >= 11 is 1.29. The summed E-state index contributed by atoms with van der Waals surface area (Å²) in [6, 6.07) is 12.4. The van der Waals surface area contributed by atoms with Crippen LogP contribution in [0.4, 0.5) is 14.5 Å². The molecule has 3 unspecified atom stereocenters. The van der Waals surface area contributed by atoms with E-state index in [1.165, 1.54) is 44.7 Å². The molecule has 1 saturated heterocycles. The average Bonchev–Trinajstić information content (AvgIpc) is 3.84. The number of unbranched alkanes of at least 4 members (excludes halogenated alkanes) is 1. The fraction of sp³-hybridized carbons (Fsp3) is 0.574. The van der Waals surface area contributed by atoms with Gasteiger partial charge in [-0.25, -0.2) is 8.78 Å². The number of halogens is 2. The number of allylic oxidation sites excluding steroid dienone is 4. The van der Waals surface area contributed by atoms with Gasteiger partial charge in [-0.15, -0.1) is 11.8 Å². The number of aliphatic hydroxyl groups is 2. The summed E-state index contributed by atoms with van der Waals surface area (Å²) in [6.45, 7) is 9.24. The number of carbonyl (C=O) groups excluding carboxylic acids is 6. The summed E-state index contributed by atoms with van der Waals surface area (Å²) in [5, 5.41) is 41.3. The zero-order valence-electron chi connectivity index (χ0n) is 42.1. The van der Waals surface area contributed by atoms with Gasteiger partial charge >= 0.3 is 5.97 Å². The number of carboxylic acid groups (broad SMARTS) is 1. The minimum Gasteiger partial charge on any atom is -0.481 e. The number of aliphatic carboxylic acids is 1. The van der Waals surface area contributed by atoms with Gasteiger partial charge < -0.3 is 46.1 Å². The van der Waals surface area contributed by atoms with E-state index in [1.807, 2.05) is 25.1 Å². The Morgan fingerprint density at radius 3 is 2.33 bits per heavy atom. The highest BCUT2D eigenvalue weighted by Gasteiger charge is 2.80. The van der Waals surface area contributed by atoms with Crippen LogP contribution in [0.15, 0.2) is 72.3 Å². The van der Waals surface area contributed by atoms with Gasteiger partial charge in [-0.3, -0.25) is 33.6 Å². The molecule has 3 saturated carbocycles. The lowest BCUT2D eigenvalue weighted by Crippen LogP contribution is -2.70. The van der Waals surface area contributed by atoms with Crippen LogP contribution in [-0.4, -0.2) is 122 Å². The molecule has 0 aromatic heterocycles. The number of ketones is 2. The molecule has 2 aromatic rings. The number of rotatable bonds is 21. The second-order valence-electron chi connectivity index (χ2n) is 20.8. The van der Waals surface area contributed by atoms with Crippen LogP contribution in [0.1, 0.15) is 116 Å². The summed E-state index contributed by atoms with van der Waals surface area (Å²) in [6.07, 6.45) is 0.661.